The van der Waals surface area contributed by atoms with Crippen LogP contribution in [-0.2, 0) is 13.2 Å². The van der Waals surface area contributed by atoms with Crippen LogP contribution in [0.1, 0.15) is 12.0 Å². The molecule has 5 heterocycles. The summed E-state index contributed by atoms with van der Waals surface area (Å²) in [5.74, 6) is 1.51. The molecule has 0 radical (unpaired) electrons. The number of alkyl halides is 3. The predicted octanol–water partition coefficient (Wildman–Crippen LogP) is 2.49. The number of hydrogen-bond acceptors (Lipinski definition) is 6. The number of aromatic nitrogens is 5. The first-order valence-electron chi connectivity index (χ1n) is 9.08. The van der Waals surface area contributed by atoms with Crippen LogP contribution >= 0.6 is 0 Å². The van der Waals surface area contributed by atoms with Gasteiger partial charge >= 0.3 is 6.18 Å². The lowest BCUT2D eigenvalue weighted by Gasteiger charge is -2.26. The lowest BCUT2D eigenvalue weighted by molar-refractivity contribution is -0.137. The van der Waals surface area contributed by atoms with E-state index in [1.165, 1.54) is 12.5 Å². The number of nitrogens with zero attached hydrogens (tertiary/aromatic N) is 7. The molecule has 0 spiro atoms. The molecule has 28 heavy (non-hydrogen) atoms. The topological polar surface area (TPSA) is 63.0 Å². The van der Waals surface area contributed by atoms with Gasteiger partial charge in [0.15, 0.2) is 17.0 Å². The second kappa shape index (κ2) is 6.05. The highest BCUT2D eigenvalue weighted by molar-refractivity contribution is 5.83. The van der Waals surface area contributed by atoms with E-state index in [1.54, 1.807) is 6.33 Å². The standard InChI is InChI=1S/C18H18F3N7/c1-26-10-25-15-16(26)23-9-24-17(15)28-5-3-11-7-27(8-13(11)28)14-6-12(2-4-22-14)18(19,20)21/h2,4,6,9-11,13H,3,5,7-8H2,1H3. The number of halogens is 3. The molecule has 146 valence electrons. The Hall–Kier alpha value is -2.91. The number of aryl methyl sites for hydroxylation is 1. The monoisotopic (exact) mass is 389 g/mol. The Kier molecular flexibility index (Phi) is 3.72. The van der Waals surface area contributed by atoms with E-state index in [9.17, 15) is 13.2 Å². The van der Waals surface area contributed by atoms with Crippen LogP contribution in [0.15, 0.2) is 31.0 Å². The van der Waals surface area contributed by atoms with Gasteiger partial charge in [0.2, 0.25) is 0 Å². The Morgan fingerprint density at radius 3 is 2.79 bits per heavy atom. The molecule has 10 heteroatoms. The van der Waals surface area contributed by atoms with Gasteiger partial charge in [0.25, 0.3) is 0 Å². The van der Waals surface area contributed by atoms with E-state index in [1.807, 2.05) is 16.5 Å². The second-order valence-corrected chi connectivity index (χ2v) is 7.34. The van der Waals surface area contributed by atoms with Crippen LogP contribution in [-0.4, -0.2) is 50.2 Å². The van der Waals surface area contributed by atoms with E-state index in [-0.39, 0.29) is 6.04 Å². The molecular weight excluding hydrogens is 371 g/mol. The Labute approximate surface area is 158 Å². The van der Waals surface area contributed by atoms with Crippen LogP contribution in [0.3, 0.4) is 0 Å². The summed E-state index contributed by atoms with van der Waals surface area (Å²) in [4.78, 5) is 21.5. The third-order valence-corrected chi connectivity index (χ3v) is 5.69. The Balaban J connectivity index is 1.43. The number of anilines is 2. The number of fused-ring (bicyclic) bond motifs is 2. The summed E-state index contributed by atoms with van der Waals surface area (Å²) in [6.45, 7) is 2.14. The first-order chi connectivity index (χ1) is 13.4. The van der Waals surface area contributed by atoms with Gasteiger partial charge in [-0.15, -0.1) is 0 Å². The van der Waals surface area contributed by atoms with Crippen molar-refractivity contribution in [2.24, 2.45) is 13.0 Å². The average molecular weight is 389 g/mol. The highest BCUT2D eigenvalue weighted by atomic mass is 19.4. The molecule has 7 nitrogen and oxygen atoms in total. The van der Waals surface area contributed by atoms with Crippen molar-refractivity contribution in [3.05, 3.63) is 36.5 Å². The molecule has 0 aromatic carbocycles. The van der Waals surface area contributed by atoms with Gasteiger partial charge in [-0.05, 0) is 18.6 Å². The average Bonchev–Trinajstić information content (AvgIpc) is 3.36. The van der Waals surface area contributed by atoms with Crippen molar-refractivity contribution in [1.82, 2.24) is 24.5 Å². The van der Waals surface area contributed by atoms with Crippen molar-refractivity contribution < 1.29 is 13.2 Å². The fraction of sp³-hybridized carbons (Fsp3) is 0.444. The summed E-state index contributed by atoms with van der Waals surface area (Å²) in [6.07, 6.45) is 1.06. The maximum atomic E-state index is 13.0. The van der Waals surface area contributed by atoms with E-state index in [0.29, 0.717) is 24.8 Å². The number of rotatable bonds is 2. The van der Waals surface area contributed by atoms with Gasteiger partial charge in [0, 0.05) is 38.8 Å². The molecule has 2 saturated heterocycles. The molecule has 2 fully saturated rings. The molecular formula is C18H18F3N7. The molecule has 0 N–H and O–H groups in total. The minimum Gasteiger partial charge on any atom is -0.354 e. The minimum atomic E-state index is -4.37. The molecule has 0 saturated carbocycles. The van der Waals surface area contributed by atoms with E-state index in [4.69, 9.17) is 0 Å². The van der Waals surface area contributed by atoms with Crippen molar-refractivity contribution in [3.8, 4) is 0 Å². The first kappa shape index (κ1) is 17.2. The smallest absolute Gasteiger partial charge is 0.354 e. The van der Waals surface area contributed by atoms with Crippen LogP contribution in [0.5, 0.6) is 0 Å². The molecule has 3 aromatic heterocycles. The van der Waals surface area contributed by atoms with Gasteiger partial charge in [0.1, 0.15) is 12.1 Å². The summed E-state index contributed by atoms with van der Waals surface area (Å²) in [7, 11) is 1.88. The van der Waals surface area contributed by atoms with E-state index in [2.05, 4.69) is 24.8 Å². The maximum absolute atomic E-state index is 13.0. The van der Waals surface area contributed by atoms with Crippen molar-refractivity contribution >= 4 is 22.8 Å². The van der Waals surface area contributed by atoms with Gasteiger partial charge in [-0.25, -0.2) is 19.9 Å². The second-order valence-electron chi connectivity index (χ2n) is 7.34. The lowest BCUT2D eigenvalue weighted by Crippen LogP contribution is -2.36. The lowest BCUT2D eigenvalue weighted by atomic mass is 10.1. The van der Waals surface area contributed by atoms with E-state index < -0.39 is 11.7 Å². The molecule has 0 bridgehead atoms. The molecule has 3 aromatic rings. The van der Waals surface area contributed by atoms with Gasteiger partial charge in [-0.3, -0.25) is 0 Å². The van der Waals surface area contributed by atoms with Crippen molar-refractivity contribution in [3.63, 3.8) is 0 Å². The summed E-state index contributed by atoms with van der Waals surface area (Å²) in [5, 5.41) is 0. The Bertz CT molecular complexity index is 1030. The molecule has 5 rings (SSSR count). The van der Waals surface area contributed by atoms with Crippen molar-refractivity contribution in [1.29, 1.82) is 0 Å². The summed E-state index contributed by atoms with van der Waals surface area (Å²) < 4.78 is 41.0. The van der Waals surface area contributed by atoms with Crippen LogP contribution in [0, 0.1) is 5.92 Å². The third-order valence-electron chi connectivity index (χ3n) is 5.69. The quantitative estimate of drug-likeness (QED) is 0.671. The molecule has 0 amide bonds. The fourth-order valence-corrected chi connectivity index (χ4v) is 4.32. The fourth-order valence-electron chi connectivity index (χ4n) is 4.32. The number of hydrogen-bond donors (Lipinski definition) is 0. The predicted molar refractivity (Wildman–Crippen MR) is 97.0 cm³/mol. The maximum Gasteiger partial charge on any atom is 0.416 e. The highest BCUT2D eigenvalue weighted by Crippen LogP contribution is 2.38. The summed E-state index contributed by atoms with van der Waals surface area (Å²) in [6, 6.07) is 2.30. The van der Waals surface area contributed by atoms with Crippen molar-refractivity contribution in [2.75, 3.05) is 29.4 Å². The SMILES string of the molecule is Cn1cnc2c(N3CCC4CN(c5cc(C(F)(F)F)ccn5)CC43)ncnc21. The van der Waals surface area contributed by atoms with Crippen LogP contribution in [0.2, 0.25) is 0 Å². The zero-order chi connectivity index (χ0) is 19.5. The van der Waals surface area contributed by atoms with Gasteiger partial charge in [-0.2, -0.15) is 13.2 Å². The molecule has 0 aliphatic carbocycles. The molecule has 2 atom stereocenters. The normalized spacial score (nSPS) is 22.3. The van der Waals surface area contributed by atoms with E-state index in [0.717, 1.165) is 42.1 Å². The Morgan fingerprint density at radius 2 is 1.96 bits per heavy atom. The van der Waals surface area contributed by atoms with Crippen LogP contribution in [0.25, 0.3) is 11.2 Å². The largest absolute Gasteiger partial charge is 0.416 e. The van der Waals surface area contributed by atoms with Crippen molar-refractivity contribution in [2.45, 2.75) is 18.6 Å². The highest BCUT2D eigenvalue weighted by Gasteiger charge is 2.43. The summed E-state index contributed by atoms with van der Waals surface area (Å²) in [5.41, 5.74) is 0.849. The Morgan fingerprint density at radius 1 is 1.11 bits per heavy atom. The minimum absolute atomic E-state index is 0.163. The van der Waals surface area contributed by atoms with Crippen LogP contribution in [0.4, 0.5) is 24.8 Å². The zero-order valence-corrected chi connectivity index (χ0v) is 15.1. The third kappa shape index (κ3) is 2.66. The molecule has 2 unspecified atom stereocenters. The first-order valence-corrected chi connectivity index (χ1v) is 9.08. The van der Waals surface area contributed by atoms with Gasteiger partial charge in [-0.1, -0.05) is 0 Å². The van der Waals surface area contributed by atoms with E-state index >= 15 is 0 Å². The van der Waals surface area contributed by atoms with Gasteiger partial charge < -0.3 is 14.4 Å². The van der Waals surface area contributed by atoms with Gasteiger partial charge in [0.05, 0.1) is 17.9 Å². The molecule has 2 aliphatic rings. The summed E-state index contributed by atoms with van der Waals surface area (Å²) >= 11 is 0. The zero-order valence-electron chi connectivity index (χ0n) is 15.1. The molecule has 2 aliphatic heterocycles. The number of pyridine rings is 1. The van der Waals surface area contributed by atoms with Crippen LogP contribution < -0.4 is 9.80 Å². The number of imidazole rings is 1.